The van der Waals surface area contributed by atoms with Crippen molar-refractivity contribution >= 4 is 11.8 Å². The van der Waals surface area contributed by atoms with Gasteiger partial charge in [-0.25, -0.2) is 0 Å². The number of carbonyl (C=O) groups excluding carboxylic acids is 2. The number of aromatic hydroxyl groups is 1. The van der Waals surface area contributed by atoms with Crippen LogP contribution in [0.4, 0.5) is 0 Å². The van der Waals surface area contributed by atoms with Gasteiger partial charge in [0.15, 0.2) is 0 Å². The Kier molecular flexibility index (Phi) is 5.48. The maximum Gasteiger partial charge on any atom is 0.253 e. The van der Waals surface area contributed by atoms with Crippen LogP contribution in [-0.4, -0.2) is 62.7 Å². The van der Waals surface area contributed by atoms with Gasteiger partial charge in [-0.3, -0.25) is 14.3 Å². The van der Waals surface area contributed by atoms with E-state index < -0.39 is 0 Å². The molecule has 1 N–H and O–H groups in total. The molecule has 1 fully saturated rings. The zero-order valence-corrected chi connectivity index (χ0v) is 16.1. The van der Waals surface area contributed by atoms with Crippen LogP contribution in [0, 0.1) is 13.8 Å². The molecule has 0 spiro atoms. The third kappa shape index (κ3) is 4.30. The van der Waals surface area contributed by atoms with Crippen LogP contribution >= 0.6 is 0 Å². The summed E-state index contributed by atoms with van der Waals surface area (Å²) in [6.07, 6.45) is 0.397. The first-order valence-electron chi connectivity index (χ1n) is 9.24. The highest BCUT2D eigenvalue weighted by molar-refractivity contribution is 5.94. The number of hydrogen-bond donors (Lipinski definition) is 1. The van der Waals surface area contributed by atoms with E-state index in [-0.39, 0.29) is 23.6 Å². The number of amides is 2. The van der Waals surface area contributed by atoms with Crippen molar-refractivity contribution < 1.29 is 14.7 Å². The van der Waals surface area contributed by atoms with Crippen LogP contribution < -0.4 is 0 Å². The number of piperazine rings is 1. The quantitative estimate of drug-likeness (QED) is 0.894. The first-order valence-corrected chi connectivity index (χ1v) is 9.24. The molecule has 3 rings (SSSR count). The van der Waals surface area contributed by atoms with Crippen LogP contribution in [0.5, 0.6) is 5.75 Å². The van der Waals surface area contributed by atoms with Gasteiger partial charge in [-0.15, -0.1) is 0 Å². The van der Waals surface area contributed by atoms with Gasteiger partial charge in [0.25, 0.3) is 5.91 Å². The molecule has 1 aliphatic rings. The average molecular weight is 370 g/mol. The summed E-state index contributed by atoms with van der Waals surface area (Å²) < 4.78 is 1.90. The van der Waals surface area contributed by atoms with Gasteiger partial charge in [-0.1, -0.05) is 0 Å². The Bertz CT molecular complexity index is 820. The van der Waals surface area contributed by atoms with Crippen molar-refractivity contribution in [1.29, 1.82) is 0 Å². The minimum absolute atomic E-state index is 0.00265. The second-order valence-electron chi connectivity index (χ2n) is 7.14. The number of hydrogen-bond acceptors (Lipinski definition) is 4. The van der Waals surface area contributed by atoms with Crippen LogP contribution in [-0.2, 0) is 4.79 Å². The maximum absolute atomic E-state index is 12.6. The maximum atomic E-state index is 12.6. The van der Waals surface area contributed by atoms with E-state index in [2.05, 4.69) is 5.10 Å². The van der Waals surface area contributed by atoms with Gasteiger partial charge in [-0.2, -0.15) is 5.10 Å². The summed E-state index contributed by atoms with van der Waals surface area (Å²) >= 11 is 0. The van der Waals surface area contributed by atoms with Gasteiger partial charge in [0.1, 0.15) is 5.75 Å². The van der Waals surface area contributed by atoms with E-state index in [1.807, 2.05) is 36.4 Å². The number of nitrogens with zero attached hydrogens (tertiary/aromatic N) is 4. The summed E-state index contributed by atoms with van der Waals surface area (Å²) in [6.45, 7) is 8.04. The Labute approximate surface area is 159 Å². The lowest BCUT2D eigenvalue weighted by atomic mass is 10.1. The van der Waals surface area contributed by atoms with Crippen molar-refractivity contribution in [3.8, 4) is 5.75 Å². The molecule has 0 bridgehead atoms. The van der Waals surface area contributed by atoms with Crippen LogP contribution in [0.25, 0.3) is 0 Å². The Morgan fingerprint density at radius 2 is 1.67 bits per heavy atom. The van der Waals surface area contributed by atoms with Gasteiger partial charge < -0.3 is 14.9 Å². The van der Waals surface area contributed by atoms with Gasteiger partial charge >= 0.3 is 0 Å². The Morgan fingerprint density at radius 3 is 2.22 bits per heavy atom. The largest absolute Gasteiger partial charge is 0.508 e. The number of rotatable bonds is 4. The predicted molar refractivity (Wildman–Crippen MR) is 102 cm³/mol. The third-order valence-electron chi connectivity index (χ3n) is 4.97. The number of aromatic nitrogens is 2. The van der Waals surface area contributed by atoms with Crippen LogP contribution in [0.15, 0.2) is 30.3 Å². The normalized spacial score (nSPS) is 15.7. The van der Waals surface area contributed by atoms with Crippen molar-refractivity contribution in [2.24, 2.45) is 0 Å². The van der Waals surface area contributed by atoms with Gasteiger partial charge in [-0.05, 0) is 51.1 Å². The average Bonchev–Trinajstić information content (AvgIpc) is 3.00. The molecule has 27 heavy (non-hydrogen) atoms. The summed E-state index contributed by atoms with van der Waals surface area (Å²) in [5.41, 5.74) is 2.55. The molecule has 1 aliphatic heterocycles. The van der Waals surface area contributed by atoms with Crippen molar-refractivity contribution in [3.63, 3.8) is 0 Å². The van der Waals surface area contributed by atoms with E-state index in [9.17, 15) is 14.7 Å². The zero-order valence-electron chi connectivity index (χ0n) is 16.1. The monoisotopic (exact) mass is 370 g/mol. The molecule has 2 heterocycles. The summed E-state index contributed by atoms with van der Waals surface area (Å²) in [7, 11) is 0. The number of phenols is 1. The van der Waals surface area contributed by atoms with Gasteiger partial charge in [0.2, 0.25) is 5.91 Å². The highest BCUT2D eigenvalue weighted by atomic mass is 16.3. The first-order chi connectivity index (χ1) is 12.8. The van der Waals surface area contributed by atoms with Crippen molar-refractivity contribution in [3.05, 3.63) is 47.3 Å². The zero-order chi connectivity index (χ0) is 19.6. The summed E-state index contributed by atoms with van der Waals surface area (Å²) in [5.74, 6) is 0.156. The molecule has 0 radical (unpaired) electrons. The standard InChI is InChI=1S/C20H26N4O3/c1-14-12-15(2)24(21-14)16(3)13-19(26)22-8-10-23(11-9-22)20(27)17-4-6-18(25)7-5-17/h4-7,12,16,25H,8-11,13H2,1-3H3/t16-/m0/s1. The van der Waals surface area contributed by atoms with Crippen molar-refractivity contribution in [1.82, 2.24) is 19.6 Å². The van der Waals surface area contributed by atoms with Gasteiger partial charge in [0.05, 0.1) is 11.7 Å². The van der Waals surface area contributed by atoms with E-state index >= 15 is 0 Å². The van der Waals surface area contributed by atoms with Crippen LogP contribution in [0.1, 0.15) is 41.1 Å². The second-order valence-corrected chi connectivity index (χ2v) is 7.14. The number of phenolic OH excluding ortho intramolecular Hbond substituents is 1. The molecule has 7 nitrogen and oxygen atoms in total. The van der Waals surface area contributed by atoms with Crippen molar-refractivity contribution in [2.75, 3.05) is 26.2 Å². The molecule has 2 amide bonds. The number of carbonyl (C=O) groups is 2. The highest BCUT2D eigenvalue weighted by Crippen LogP contribution is 2.17. The highest BCUT2D eigenvalue weighted by Gasteiger charge is 2.26. The predicted octanol–water partition coefficient (Wildman–Crippen LogP) is 2.14. The fourth-order valence-corrected chi connectivity index (χ4v) is 3.51. The fourth-order valence-electron chi connectivity index (χ4n) is 3.51. The van der Waals surface area contributed by atoms with Crippen LogP contribution in [0.2, 0.25) is 0 Å². The van der Waals surface area contributed by atoms with Crippen LogP contribution in [0.3, 0.4) is 0 Å². The summed E-state index contributed by atoms with van der Waals surface area (Å²) in [4.78, 5) is 28.7. The Balaban J connectivity index is 1.54. The van der Waals surface area contributed by atoms with Gasteiger partial charge in [0, 0.05) is 43.9 Å². The Hall–Kier alpha value is -2.83. The molecule has 0 aliphatic carbocycles. The van der Waals surface area contributed by atoms with E-state index in [0.717, 1.165) is 11.4 Å². The molecular weight excluding hydrogens is 344 g/mol. The topological polar surface area (TPSA) is 78.7 Å². The number of aryl methyl sites for hydroxylation is 2. The molecule has 2 aromatic rings. The third-order valence-corrected chi connectivity index (χ3v) is 4.97. The number of benzene rings is 1. The smallest absolute Gasteiger partial charge is 0.253 e. The molecule has 1 saturated heterocycles. The molecule has 0 unspecified atom stereocenters. The van der Waals surface area contributed by atoms with E-state index in [1.54, 1.807) is 17.0 Å². The summed E-state index contributed by atoms with van der Waals surface area (Å²) in [6, 6.07) is 8.26. The lowest BCUT2D eigenvalue weighted by molar-refractivity contribution is -0.133. The molecule has 1 aromatic carbocycles. The second kappa shape index (κ2) is 7.82. The minimum Gasteiger partial charge on any atom is -0.508 e. The summed E-state index contributed by atoms with van der Waals surface area (Å²) in [5, 5.41) is 13.8. The van der Waals surface area contributed by atoms with Crippen molar-refractivity contribution in [2.45, 2.75) is 33.2 Å². The lowest BCUT2D eigenvalue weighted by Crippen LogP contribution is -2.50. The first kappa shape index (κ1) is 18.9. The molecule has 7 heteroatoms. The molecule has 0 saturated carbocycles. The molecule has 144 valence electrons. The fraction of sp³-hybridized carbons (Fsp3) is 0.450. The van der Waals surface area contributed by atoms with E-state index in [4.69, 9.17) is 0 Å². The lowest BCUT2D eigenvalue weighted by Gasteiger charge is -2.35. The Morgan fingerprint density at radius 1 is 1.07 bits per heavy atom. The SMILES string of the molecule is Cc1cc(C)n([C@@H](C)CC(=O)N2CCN(C(=O)c3ccc(O)cc3)CC2)n1. The molecular formula is C20H26N4O3. The molecule has 1 aromatic heterocycles. The van der Waals surface area contributed by atoms with E-state index in [0.29, 0.717) is 38.2 Å². The molecule has 1 atom stereocenters. The minimum atomic E-state index is -0.0712. The van der Waals surface area contributed by atoms with E-state index in [1.165, 1.54) is 12.1 Å².